The zero-order valence-corrected chi connectivity index (χ0v) is 9.04. The Bertz CT molecular complexity index is 186. The first kappa shape index (κ1) is 13.0. The summed E-state index contributed by atoms with van der Waals surface area (Å²) in [5.74, 6) is 0. The summed E-state index contributed by atoms with van der Waals surface area (Å²) in [5.41, 5.74) is 0. The fourth-order valence-corrected chi connectivity index (χ4v) is 1.39. The third-order valence-electron chi connectivity index (χ3n) is 2.22. The van der Waals surface area contributed by atoms with Crippen LogP contribution >= 0.6 is 0 Å². The van der Waals surface area contributed by atoms with Crippen LogP contribution in [0.2, 0.25) is 0 Å². The first-order valence-corrected chi connectivity index (χ1v) is 5.57. The average molecular weight is 191 g/mol. The van der Waals surface area contributed by atoms with E-state index in [0.29, 0.717) is 0 Å². The first-order chi connectivity index (χ1) is 6.91. The van der Waals surface area contributed by atoms with Crippen molar-refractivity contribution >= 4 is 0 Å². The van der Waals surface area contributed by atoms with Gasteiger partial charge in [-0.3, -0.25) is 0 Å². The normalized spacial score (nSPS) is 10.2. The van der Waals surface area contributed by atoms with Gasteiger partial charge in [-0.25, -0.2) is 0 Å². The van der Waals surface area contributed by atoms with Gasteiger partial charge in [0.1, 0.15) is 0 Å². The van der Waals surface area contributed by atoms with Crippen molar-refractivity contribution < 1.29 is 0 Å². The van der Waals surface area contributed by atoms with E-state index in [4.69, 9.17) is 5.26 Å². The lowest BCUT2D eigenvalue weighted by molar-refractivity contribution is 0.600. The predicted octanol–water partition coefficient (Wildman–Crippen LogP) is 4.37. The quantitative estimate of drug-likeness (QED) is 0.301. The Morgan fingerprint density at radius 2 is 1.50 bits per heavy atom. The second kappa shape index (κ2) is 12.0. The minimum Gasteiger partial charge on any atom is -0.193 e. The van der Waals surface area contributed by atoms with Crippen LogP contribution in [0.25, 0.3) is 0 Å². The van der Waals surface area contributed by atoms with Gasteiger partial charge in [0.25, 0.3) is 0 Å². The summed E-state index contributed by atoms with van der Waals surface area (Å²) in [5, 5.41) is 8.24. The Balaban J connectivity index is 2.96. The number of hydrogen-bond acceptors (Lipinski definition) is 1. The first-order valence-electron chi connectivity index (χ1n) is 5.57. The van der Waals surface area contributed by atoms with E-state index in [2.05, 4.69) is 6.58 Å². The molecule has 0 bridgehead atoms. The Labute approximate surface area is 88.1 Å². The van der Waals surface area contributed by atoms with Crippen molar-refractivity contribution in [3.8, 4) is 6.07 Å². The summed E-state index contributed by atoms with van der Waals surface area (Å²) in [6.07, 6.45) is 15.5. The summed E-state index contributed by atoms with van der Waals surface area (Å²) in [6, 6.07) is 2.00. The van der Waals surface area contributed by atoms with Crippen molar-refractivity contribution in [2.45, 2.75) is 51.4 Å². The van der Waals surface area contributed by atoms with Crippen LogP contribution in [-0.4, -0.2) is 0 Å². The molecule has 1 heteroatoms. The minimum atomic E-state index is 1.06. The average Bonchev–Trinajstić information content (AvgIpc) is 2.21. The van der Waals surface area contributed by atoms with E-state index in [1.54, 1.807) is 6.08 Å². The molecule has 0 aliphatic carbocycles. The molecule has 0 rings (SSSR count). The number of hydrogen-bond donors (Lipinski definition) is 0. The molecule has 0 heterocycles. The van der Waals surface area contributed by atoms with E-state index >= 15 is 0 Å². The van der Waals surface area contributed by atoms with E-state index in [1.807, 2.05) is 18.2 Å². The highest BCUT2D eigenvalue weighted by atomic mass is 14.2. The van der Waals surface area contributed by atoms with E-state index in [1.165, 1.54) is 38.5 Å². The van der Waals surface area contributed by atoms with Crippen molar-refractivity contribution in [1.29, 1.82) is 5.26 Å². The molecule has 0 aromatic rings. The molecule has 0 radical (unpaired) electrons. The van der Waals surface area contributed by atoms with Gasteiger partial charge in [0, 0.05) is 6.08 Å². The van der Waals surface area contributed by atoms with Gasteiger partial charge in [0.2, 0.25) is 0 Å². The molecular formula is C13H21N. The number of nitriles is 1. The molecule has 14 heavy (non-hydrogen) atoms. The number of nitrogens with zero attached hydrogens (tertiary/aromatic N) is 1. The van der Waals surface area contributed by atoms with E-state index < -0.39 is 0 Å². The maximum Gasteiger partial charge on any atom is 0.0908 e. The van der Waals surface area contributed by atoms with Crippen LogP contribution in [0.1, 0.15) is 51.4 Å². The van der Waals surface area contributed by atoms with Gasteiger partial charge in [-0.15, -0.1) is 6.58 Å². The predicted molar refractivity (Wildman–Crippen MR) is 61.9 cm³/mol. The molecule has 0 aliphatic rings. The second-order valence-electron chi connectivity index (χ2n) is 3.52. The van der Waals surface area contributed by atoms with Gasteiger partial charge in [0.15, 0.2) is 0 Å². The zero-order chi connectivity index (χ0) is 10.5. The van der Waals surface area contributed by atoms with Crippen LogP contribution in [0.4, 0.5) is 0 Å². The molecule has 0 aromatic carbocycles. The van der Waals surface area contributed by atoms with Crippen LogP contribution in [0, 0.1) is 11.3 Å². The number of allylic oxidation sites excluding steroid dienone is 3. The molecule has 0 aliphatic heterocycles. The van der Waals surface area contributed by atoms with Crippen molar-refractivity contribution in [2.75, 3.05) is 0 Å². The lowest BCUT2D eigenvalue weighted by atomic mass is 10.1. The summed E-state index contributed by atoms with van der Waals surface area (Å²) < 4.78 is 0. The lowest BCUT2D eigenvalue weighted by Crippen LogP contribution is -1.79. The molecule has 0 saturated heterocycles. The Hall–Kier alpha value is -1.03. The van der Waals surface area contributed by atoms with Crippen molar-refractivity contribution in [3.05, 3.63) is 24.8 Å². The summed E-state index contributed by atoms with van der Waals surface area (Å²) in [6.45, 7) is 3.70. The van der Waals surface area contributed by atoms with Crippen molar-refractivity contribution in [3.63, 3.8) is 0 Å². The summed E-state index contributed by atoms with van der Waals surface area (Å²) in [4.78, 5) is 0. The molecule has 0 aromatic heterocycles. The molecule has 1 nitrogen and oxygen atoms in total. The monoisotopic (exact) mass is 191 g/mol. The van der Waals surface area contributed by atoms with Crippen LogP contribution in [0.5, 0.6) is 0 Å². The molecule has 0 atom stereocenters. The summed E-state index contributed by atoms with van der Waals surface area (Å²) in [7, 11) is 0. The van der Waals surface area contributed by atoms with Crippen LogP contribution in [0.15, 0.2) is 24.8 Å². The minimum absolute atomic E-state index is 1.06. The zero-order valence-electron chi connectivity index (χ0n) is 9.04. The lowest BCUT2D eigenvalue weighted by Gasteiger charge is -1.98. The highest BCUT2D eigenvalue weighted by Crippen LogP contribution is 2.08. The molecular weight excluding hydrogens is 170 g/mol. The second-order valence-corrected chi connectivity index (χ2v) is 3.52. The largest absolute Gasteiger partial charge is 0.193 e. The number of rotatable bonds is 9. The van der Waals surface area contributed by atoms with E-state index in [0.717, 1.165) is 12.8 Å². The highest BCUT2D eigenvalue weighted by Gasteiger charge is 1.89. The van der Waals surface area contributed by atoms with Gasteiger partial charge < -0.3 is 0 Å². The SMILES string of the molecule is C=CCCCCCCCC/C=C/C#N. The molecule has 0 amide bonds. The van der Waals surface area contributed by atoms with Crippen molar-refractivity contribution in [2.24, 2.45) is 0 Å². The molecule has 78 valence electrons. The van der Waals surface area contributed by atoms with E-state index in [9.17, 15) is 0 Å². The topological polar surface area (TPSA) is 23.8 Å². The summed E-state index contributed by atoms with van der Waals surface area (Å²) >= 11 is 0. The Morgan fingerprint density at radius 3 is 2.07 bits per heavy atom. The standard InChI is InChI=1S/C13H21N/c1-2-3-4-5-6-7-8-9-10-11-12-13-14/h2,11-12H,1,3-10H2/b12-11+. The van der Waals surface area contributed by atoms with Crippen LogP contribution in [-0.2, 0) is 0 Å². The third kappa shape index (κ3) is 11.0. The molecule has 0 unspecified atom stereocenters. The molecule has 0 saturated carbocycles. The molecule has 0 fully saturated rings. The van der Waals surface area contributed by atoms with E-state index in [-0.39, 0.29) is 0 Å². The maximum atomic E-state index is 8.24. The van der Waals surface area contributed by atoms with Crippen molar-refractivity contribution in [1.82, 2.24) is 0 Å². The van der Waals surface area contributed by atoms with Gasteiger partial charge in [-0.05, 0) is 25.7 Å². The Kier molecular flexibility index (Phi) is 11.1. The fraction of sp³-hybridized carbons (Fsp3) is 0.615. The maximum absolute atomic E-state index is 8.24. The molecule has 0 spiro atoms. The molecule has 0 N–H and O–H groups in total. The highest BCUT2D eigenvalue weighted by molar-refractivity contribution is 5.01. The van der Waals surface area contributed by atoms with Crippen LogP contribution in [0.3, 0.4) is 0 Å². The smallest absolute Gasteiger partial charge is 0.0908 e. The number of unbranched alkanes of at least 4 members (excludes halogenated alkanes) is 7. The van der Waals surface area contributed by atoms with Gasteiger partial charge in [0.05, 0.1) is 6.07 Å². The third-order valence-corrected chi connectivity index (χ3v) is 2.22. The van der Waals surface area contributed by atoms with Gasteiger partial charge in [-0.1, -0.05) is 37.8 Å². The van der Waals surface area contributed by atoms with Crippen LogP contribution < -0.4 is 0 Å². The Morgan fingerprint density at radius 1 is 0.929 bits per heavy atom. The van der Waals surface area contributed by atoms with Gasteiger partial charge in [-0.2, -0.15) is 5.26 Å². The fourth-order valence-electron chi connectivity index (χ4n) is 1.39. The van der Waals surface area contributed by atoms with Gasteiger partial charge >= 0.3 is 0 Å².